The molecule has 1 aliphatic heterocycles. The molecule has 1 fully saturated rings. The fraction of sp³-hybridized carbons (Fsp3) is 0.562. The van der Waals surface area contributed by atoms with Gasteiger partial charge in [0.2, 0.25) is 0 Å². The van der Waals surface area contributed by atoms with Crippen LogP contribution in [0.5, 0.6) is 0 Å². The molecule has 1 saturated heterocycles. The average molecular weight is 295 g/mol. The molecule has 0 aliphatic carbocycles. The SMILES string of the molecule is CN(C)CC1CCCN1CCC(=O)c1ccccc1Cl. The molecule has 3 nitrogen and oxygen atoms in total. The third-order valence-corrected chi connectivity index (χ3v) is 4.20. The van der Waals surface area contributed by atoms with E-state index in [2.05, 4.69) is 23.9 Å². The van der Waals surface area contributed by atoms with Gasteiger partial charge < -0.3 is 4.90 Å². The third kappa shape index (κ3) is 4.05. The number of benzene rings is 1. The first kappa shape index (κ1) is 15.5. The van der Waals surface area contributed by atoms with Crippen LogP contribution in [0, 0.1) is 0 Å². The largest absolute Gasteiger partial charge is 0.308 e. The van der Waals surface area contributed by atoms with Crippen LogP contribution in [-0.2, 0) is 0 Å². The maximum atomic E-state index is 12.2. The lowest BCUT2D eigenvalue weighted by atomic mass is 10.1. The second-order valence-electron chi connectivity index (χ2n) is 5.75. The van der Waals surface area contributed by atoms with E-state index in [-0.39, 0.29) is 5.78 Å². The van der Waals surface area contributed by atoms with Crippen LogP contribution in [0.1, 0.15) is 29.6 Å². The smallest absolute Gasteiger partial charge is 0.165 e. The highest BCUT2D eigenvalue weighted by atomic mass is 35.5. The Labute approximate surface area is 126 Å². The zero-order chi connectivity index (χ0) is 14.5. The summed E-state index contributed by atoms with van der Waals surface area (Å²) in [7, 11) is 4.21. The maximum absolute atomic E-state index is 12.2. The Hall–Kier alpha value is -0.900. The summed E-state index contributed by atoms with van der Waals surface area (Å²) < 4.78 is 0. The summed E-state index contributed by atoms with van der Waals surface area (Å²) in [6.07, 6.45) is 3.02. The number of nitrogens with zero attached hydrogens (tertiary/aromatic N) is 2. The van der Waals surface area contributed by atoms with Gasteiger partial charge in [-0.2, -0.15) is 0 Å². The van der Waals surface area contributed by atoms with E-state index in [1.54, 1.807) is 6.07 Å². The summed E-state index contributed by atoms with van der Waals surface area (Å²) in [4.78, 5) is 16.9. The van der Waals surface area contributed by atoms with E-state index in [0.29, 0.717) is 23.0 Å². The van der Waals surface area contributed by atoms with Crippen molar-refractivity contribution in [1.29, 1.82) is 0 Å². The fourth-order valence-corrected chi connectivity index (χ4v) is 3.13. The maximum Gasteiger partial charge on any atom is 0.165 e. The van der Waals surface area contributed by atoms with Gasteiger partial charge in [0.1, 0.15) is 0 Å². The lowest BCUT2D eigenvalue weighted by Gasteiger charge is -2.26. The van der Waals surface area contributed by atoms with E-state index in [0.717, 1.165) is 19.6 Å². The second kappa shape index (κ2) is 7.21. The highest BCUT2D eigenvalue weighted by molar-refractivity contribution is 6.33. The molecule has 1 aromatic carbocycles. The van der Waals surface area contributed by atoms with Crippen LogP contribution in [0.25, 0.3) is 0 Å². The first-order valence-corrected chi connectivity index (χ1v) is 7.62. The molecule has 0 radical (unpaired) electrons. The van der Waals surface area contributed by atoms with Crippen molar-refractivity contribution >= 4 is 17.4 Å². The van der Waals surface area contributed by atoms with E-state index in [1.165, 1.54) is 12.8 Å². The van der Waals surface area contributed by atoms with Gasteiger partial charge in [0.25, 0.3) is 0 Å². The zero-order valence-corrected chi connectivity index (χ0v) is 13.1. The summed E-state index contributed by atoms with van der Waals surface area (Å²) in [6, 6.07) is 7.89. The Bertz CT molecular complexity index is 462. The number of carbonyl (C=O) groups excluding carboxylic acids is 1. The molecule has 1 aliphatic rings. The van der Waals surface area contributed by atoms with Gasteiger partial charge >= 0.3 is 0 Å². The predicted molar refractivity (Wildman–Crippen MR) is 83.5 cm³/mol. The Morgan fingerprint density at radius 2 is 2.15 bits per heavy atom. The van der Waals surface area contributed by atoms with Crippen molar-refractivity contribution in [2.45, 2.75) is 25.3 Å². The van der Waals surface area contributed by atoms with Crippen molar-refractivity contribution in [1.82, 2.24) is 9.80 Å². The number of hydrogen-bond acceptors (Lipinski definition) is 3. The number of likely N-dealkylation sites (tertiary alicyclic amines) is 1. The molecule has 1 unspecified atom stereocenters. The topological polar surface area (TPSA) is 23.6 Å². The van der Waals surface area contributed by atoms with E-state index < -0.39 is 0 Å². The van der Waals surface area contributed by atoms with Crippen LogP contribution >= 0.6 is 11.6 Å². The molecule has 1 atom stereocenters. The highest BCUT2D eigenvalue weighted by Gasteiger charge is 2.25. The standard InChI is InChI=1S/C16H23ClN2O/c1-18(2)12-13-6-5-10-19(13)11-9-16(20)14-7-3-4-8-15(14)17/h3-4,7-8,13H,5-6,9-12H2,1-2H3. The summed E-state index contributed by atoms with van der Waals surface area (Å²) in [5.41, 5.74) is 0.650. The van der Waals surface area contributed by atoms with Crippen LogP contribution in [0.2, 0.25) is 5.02 Å². The number of Topliss-reactive ketones (excluding diaryl/α,β-unsaturated/α-hetero) is 1. The number of likely N-dealkylation sites (N-methyl/N-ethyl adjacent to an activating group) is 1. The molecule has 20 heavy (non-hydrogen) atoms. The molecule has 0 aromatic heterocycles. The molecular formula is C16H23ClN2O. The van der Waals surface area contributed by atoms with E-state index in [4.69, 9.17) is 11.6 Å². The molecule has 1 aromatic rings. The van der Waals surface area contributed by atoms with Gasteiger partial charge in [-0.05, 0) is 45.6 Å². The van der Waals surface area contributed by atoms with Gasteiger partial charge in [0, 0.05) is 31.1 Å². The lowest BCUT2D eigenvalue weighted by Crippen LogP contribution is -2.38. The van der Waals surface area contributed by atoms with Crippen LogP contribution in [0.4, 0.5) is 0 Å². The van der Waals surface area contributed by atoms with Crippen LogP contribution in [-0.4, -0.2) is 55.4 Å². The Morgan fingerprint density at radius 1 is 1.40 bits per heavy atom. The van der Waals surface area contributed by atoms with E-state index in [9.17, 15) is 4.79 Å². The summed E-state index contributed by atoms with van der Waals surface area (Å²) in [5, 5.41) is 0.559. The number of rotatable bonds is 6. The van der Waals surface area contributed by atoms with Crippen molar-refractivity contribution in [3.63, 3.8) is 0 Å². The molecule has 4 heteroatoms. The number of ketones is 1. The average Bonchev–Trinajstić information content (AvgIpc) is 2.83. The molecule has 0 bridgehead atoms. The van der Waals surface area contributed by atoms with Gasteiger partial charge in [-0.1, -0.05) is 23.7 Å². The summed E-state index contributed by atoms with van der Waals surface area (Å²) in [5.74, 6) is 0.145. The summed E-state index contributed by atoms with van der Waals surface area (Å²) in [6.45, 7) is 3.01. The second-order valence-corrected chi connectivity index (χ2v) is 6.15. The first-order chi connectivity index (χ1) is 9.58. The van der Waals surface area contributed by atoms with Crippen LogP contribution in [0.15, 0.2) is 24.3 Å². The lowest BCUT2D eigenvalue weighted by molar-refractivity contribution is 0.0957. The first-order valence-electron chi connectivity index (χ1n) is 7.24. The third-order valence-electron chi connectivity index (χ3n) is 3.88. The normalized spacial score (nSPS) is 19.7. The molecule has 0 saturated carbocycles. The number of halogens is 1. The van der Waals surface area contributed by atoms with Gasteiger partial charge in [-0.25, -0.2) is 0 Å². The minimum Gasteiger partial charge on any atom is -0.308 e. The Kier molecular flexibility index (Phi) is 5.58. The summed E-state index contributed by atoms with van der Waals surface area (Å²) >= 11 is 6.07. The van der Waals surface area contributed by atoms with Gasteiger partial charge in [0.05, 0.1) is 5.02 Å². The van der Waals surface area contributed by atoms with Crippen LogP contribution in [0.3, 0.4) is 0 Å². The minimum atomic E-state index is 0.145. The predicted octanol–water partition coefficient (Wildman–Crippen LogP) is 2.94. The quantitative estimate of drug-likeness (QED) is 0.754. The Morgan fingerprint density at radius 3 is 2.85 bits per heavy atom. The van der Waals surface area contributed by atoms with Crippen molar-refractivity contribution in [2.75, 3.05) is 33.7 Å². The highest BCUT2D eigenvalue weighted by Crippen LogP contribution is 2.20. The molecule has 0 amide bonds. The molecule has 2 rings (SSSR count). The van der Waals surface area contributed by atoms with Gasteiger partial charge in [-0.3, -0.25) is 9.69 Å². The zero-order valence-electron chi connectivity index (χ0n) is 12.3. The molecule has 0 N–H and O–H groups in total. The van der Waals surface area contributed by atoms with Crippen molar-refractivity contribution in [2.24, 2.45) is 0 Å². The molecule has 0 spiro atoms. The van der Waals surface area contributed by atoms with Gasteiger partial charge in [0.15, 0.2) is 5.78 Å². The minimum absolute atomic E-state index is 0.145. The van der Waals surface area contributed by atoms with Gasteiger partial charge in [-0.15, -0.1) is 0 Å². The number of hydrogen-bond donors (Lipinski definition) is 0. The monoisotopic (exact) mass is 294 g/mol. The molecular weight excluding hydrogens is 272 g/mol. The van der Waals surface area contributed by atoms with E-state index >= 15 is 0 Å². The van der Waals surface area contributed by atoms with E-state index in [1.807, 2.05) is 18.2 Å². The van der Waals surface area contributed by atoms with Crippen molar-refractivity contribution in [3.05, 3.63) is 34.9 Å². The molecule has 1 heterocycles. The van der Waals surface area contributed by atoms with Crippen LogP contribution < -0.4 is 0 Å². The fourth-order valence-electron chi connectivity index (χ4n) is 2.88. The van der Waals surface area contributed by atoms with Crippen molar-refractivity contribution in [3.8, 4) is 0 Å². The van der Waals surface area contributed by atoms with Crippen molar-refractivity contribution < 1.29 is 4.79 Å². The Balaban J connectivity index is 1.88. The number of carbonyl (C=O) groups is 1. The molecule has 110 valence electrons.